The van der Waals surface area contributed by atoms with Crippen LogP contribution in [0.4, 0.5) is 5.69 Å². The second-order valence-corrected chi connectivity index (χ2v) is 4.97. The molecule has 2 aromatic rings. The molecule has 1 N–H and O–H groups in total. The minimum absolute atomic E-state index is 0.0645. The molecule has 0 aliphatic carbocycles. The molecule has 0 aliphatic rings. The largest absolute Gasteiger partial charge is 0.312 e. The van der Waals surface area contributed by atoms with Crippen LogP contribution in [0.3, 0.4) is 0 Å². The van der Waals surface area contributed by atoms with Crippen molar-refractivity contribution >= 4 is 17.8 Å². The Morgan fingerprint density at radius 1 is 1.39 bits per heavy atom. The summed E-state index contributed by atoms with van der Waals surface area (Å²) in [4.78, 5) is 22.2. The normalized spacial score (nSPS) is 10.9. The third kappa shape index (κ3) is 4.22. The molecule has 0 aliphatic heterocycles. The van der Waals surface area contributed by atoms with Gasteiger partial charge in [-0.3, -0.25) is 19.6 Å². The Balaban J connectivity index is 1.90. The summed E-state index contributed by atoms with van der Waals surface area (Å²) in [5.41, 5.74) is 4.03. The molecule has 0 unspecified atom stereocenters. The Bertz CT molecular complexity index is 737. The lowest BCUT2D eigenvalue weighted by Gasteiger charge is -2.02. The summed E-state index contributed by atoms with van der Waals surface area (Å²) < 4.78 is 1.30. The highest BCUT2D eigenvalue weighted by Gasteiger charge is 2.22. The number of aromatic nitrogens is 2. The van der Waals surface area contributed by atoms with Gasteiger partial charge in [-0.2, -0.15) is 10.2 Å². The minimum atomic E-state index is -0.496. The van der Waals surface area contributed by atoms with Crippen LogP contribution in [0, 0.1) is 24.0 Å². The predicted molar refractivity (Wildman–Crippen MR) is 85.1 cm³/mol. The Labute approximate surface area is 133 Å². The predicted octanol–water partition coefficient (Wildman–Crippen LogP) is 1.75. The zero-order valence-corrected chi connectivity index (χ0v) is 12.9. The lowest BCUT2D eigenvalue weighted by molar-refractivity contribution is -0.386. The van der Waals surface area contributed by atoms with Gasteiger partial charge >= 0.3 is 5.69 Å². The molecular formula is C15H17N5O3. The van der Waals surface area contributed by atoms with E-state index in [2.05, 4.69) is 15.6 Å². The maximum absolute atomic E-state index is 11.8. The van der Waals surface area contributed by atoms with E-state index in [-0.39, 0.29) is 17.9 Å². The van der Waals surface area contributed by atoms with Crippen LogP contribution in [0.15, 0.2) is 35.4 Å². The fourth-order valence-corrected chi connectivity index (χ4v) is 2.16. The first kappa shape index (κ1) is 16.3. The molecule has 8 heteroatoms. The van der Waals surface area contributed by atoms with Gasteiger partial charge in [-0.15, -0.1) is 0 Å². The van der Waals surface area contributed by atoms with Crippen molar-refractivity contribution in [3.63, 3.8) is 0 Å². The van der Waals surface area contributed by atoms with Crippen molar-refractivity contribution in [1.29, 1.82) is 0 Å². The first-order valence-electron chi connectivity index (χ1n) is 7.01. The fraction of sp³-hybridized carbons (Fsp3) is 0.267. The van der Waals surface area contributed by atoms with Gasteiger partial charge in [-0.25, -0.2) is 5.43 Å². The van der Waals surface area contributed by atoms with Gasteiger partial charge < -0.3 is 0 Å². The van der Waals surface area contributed by atoms with Gasteiger partial charge in [0.05, 0.1) is 4.92 Å². The van der Waals surface area contributed by atoms with Crippen LogP contribution < -0.4 is 5.43 Å². The average molecular weight is 315 g/mol. The van der Waals surface area contributed by atoms with E-state index in [1.807, 2.05) is 30.3 Å². The van der Waals surface area contributed by atoms with Crippen LogP contribution in [0.1, 0.15) is 17.0 Å². The molecule has 1 heterocycles. The molecule has 0 atom stereocenters. The summed E-state index contributed by atoms with van der Waals surface area (Å²) >= 11 is 0. The topological polar surface area (TPSA) is 102 Å². The van der Waals surface area contributed by atoms with E-state index in [1.54, 1.807) is 13.1 Å². The highest BCUT2D eigenvalue weighted by molar-refractivity contribution is 5.76. The van der Waals surface area contributed by atoms with Gasteiger partial charge in [-0.1, -0.05) is 30.3 Å². The van der Waals surface area contributed by atoms with E-state index in [0.717, 1.165) is 5.56 Å². The highest BCUT2D eigenvalue weighted by Crippen LogP contribution is 2.21. The Hall–Kier alpha value is -3.03. The Kier molecular flexibility index (Phi) is 5.19. The number of aryl methyl sites for hydroxylation is 1. The maximum atomic E-state index is 11.8. The SMILES string of the molecule is Cc1nn(CC(=O)N/N=C/Cc2ccccc2)c(C)c1[N+](=O)[O-]. The Morgan fingerprint density at radius 3 is 2.70 bits per heavy atom. The third-order valence-electron chi connectivity index (χ3n) is 3.27. The lowest BCUT2D eigenvalue weighted by atomic mass is 10.2. The first-order valence-corrected chi connectivity index (χ1v) is 7.01. The summed E-state index contributed by atoms with van der Waals surface area (Å²) in [5, 5.41) is 18.8. The molecule has 1 amide bonds. The fourth-order valence-electron chi connectivity index (χ4n) is 2.16. The monoisotopic (exact) mass is 315 g/mol. The van der Waals surface area contributed by atoms with Crippen LogP contribution in [0.2, 0.25) is 0 Å². The van der Waals surface area contributed by atoms with Crippen molar-refractivity contribution in [2.45, 2.75) is 26.8 Å². The van der Waals surface area contributed by atoms with Gasteiger partial charge in [0.25, 0.3) is 5.91 Å². The molecule has 0 bridgehead atoms. The number of hydrogen-bond acceptors (Lipinski definition) is 5. The van der Waals surface area contributed by atoms with Crippen molar-refractivity contribution in [3.8, 4) is 0 Å². The number of carbonyl (C=O) groups excluding carboxylic acids is 1. The number of nitrogens with one attached hydrogen (secondary N) is 1. The molecule has 0 saturated carbocycles. The smallest absolute Gasteiger partial charge is 0.271 e. The number of hydrogen-bond donors (Lipinski definition) is 1. The Morgan fingerprint density at radius 2 is 2.09 bits per heavy atom. The summed E-state index contributed by atoms with van der Waals surface area (Å²) in [6, 6.07) is 9.71. The van der Waals surface area contributed by atoms with Crippen molar-refractivity contribution < 1.29 is 9.72 Å². The van der Waals surface area contributed by atoms with Crippen LogP contribution in [-0.2, 0) is 17.8 Å². The summed E-state index contributed by atoms with van der Waals surface area (Å²) in [7, 11) is 0. The van der Waals surface area contributed by atoms with E-state index in [0.29, 0.717) is 12.1 Å². The summed E-state index contributed by atoms with van der Waals surface area (Å²) in [5.74, 6) is -0.394. The zero-order chi connectivity index (χ0) is 16.8. The number of amides is 1. The van der Waals surface area contributed by atoms with Crippen molar-refractivity contribution in [3.05, 3.63) is 57.4 Å². The molecule has 8 nitrogen and oxygen atoms in total. The number of rotatable bonds is 6. The zero-order valence-electron chi connectivity index (χ0n) is 12.9. The van der Waals surface area contributed by atoms with Crippen LogP contribution in [0.25, 0.3) is 0 Å². The lowest BCUT2D eigenvalue weighted by Crippen LogP contribution is -2.24. The summed E-state index contributed by atoms with van der Waals surface area (Å²) in [6.45, 7) is 2.98. The van der Waals surface area contributed by atoms with Crippen molar-refractivity contribution in [2.24, 2.45) is 5.10 Å². The first-order chi connectivity index (χ1) is 11.0. The molecule has 2 rings (SSSR count). The molecule has 0 spiro atoms. The number of nitro groups is 1. The van der Waals surface area contributed by atoms with Gasteiger partial charge in [0.2, 0.25) is 0 Å². The number of carbonyl (C=O) groups is 1. The second-order valence-electron chi connectivity index (χ2n) is 4.97. The highest BCUT2D eigenvalue weighted by atomic mass is 16.6. The molecule has 0 radical (unpaired) electrons. The van der Waals surface area contributed by atoms with Gasteiger partial charge in [0.15, 0.2) is 0 Å². The number of nitrogens with zero attached hydrogens (tertiary/aromatic N) is 4. The van der Waals surface area contributed by atoms with Crippen molar-refractivity contribution in [1.82, 2.24) is 15.2 Å². The van der Waals surface area contributed by atoms with Gasteiger partial charge in [-0.05, 0) is 19.4 Å². The minimum Gasteiger partial charge on any atom is -0.271 e. The maximum Gasteiger partial charge on any atom is 0.312 e. The standard InChI is InChI=1S/C15H17N5O3/c1-11-15(20(22)23)12(2)19(18-11)10-14(21)17-16-9-8-13-6-4-3-5-7-13/h3-7,9H,8,10H2,1-2H3,(H,17,21)/b16-9+. The second kappa shape index (κ2) is 7.30. The van der Waals surface area contributed by atoms with Crippen LogP contribution >= 0.6 is 0 Å². The van der Waals surface area contributed by atoms with E-state index >= 15 is 0 Å². The van der Waals surface area contributed by atoms with E-state index in [4.69, 9.17) is 0 Å². The summed E-state index contributed by atoms with van der Waals surface area (Å²) in [6.07, 6.45) is 2.20. The van der Waals surface area contributed by atoms with Crippen LogP contribution in [-0.4, -0.2) is 26.8 Å². The molecule has 23 heavy (non-hydrogen) atoms. The third-order valence-corrected chi connectivity index (χ3v) is 3.27. The van der Waals surface area contributed by atoms with E-state index in [1.165, 1.54) is 11.6 Å². The van der Waals surface area contributed by atoms with Crippen molar-refractivity contribution in [2.75, 3.05) is 0 Å². The van der Waals surface area contributed by atoms with E-state index < -0.39 is 10.8 Å². The number of benzene rings is 1. The van der Waals surface area contributed by atoms with E-state index in [9.17, 15) is 14.9 Å². The molecule has 1 aromatic carbocycles. The average Bonchev–Trinajstić information content (AvgIpc) is 2.79. The molecular weight excluding hydrogens is 298 g/mol. The number of hydrazone groups is 1. The molecule has 0 fully saturated rings. The molecule has 120 valence electrons. The molecule has 1 aromatic heterocycles. The van der Waals surface area contributed by atoms with Gasteiger partial charge in [0.1, 0.15) is 17.9 Å². The van der Waals surface area contributed by atoms with Crippen LogP contribution in [0.5, 0.6) is 0 Å². The van der Waals surface area contributed by atoms with Gasteiger partial charge in [0, 0.05) is 12.6 Å². The quantitative estimate of drug-likeness (QED) is 0.498. The molecule has 0 saturated heterocycles.